The Morgan fingerprint density at radius 1 is 1.35 bits per heavy atom. The van der Waals surface area contributed by atoms with Gasteiger partial charge in [0.2, 0.25) is 0 Å². The van der Waals surface area contributed by atoms with Gasteiger partial charge in [0.1, 0.15) is 0 Å². The maximum absolute atomic E-state index is 12.3. The highest BCUT2D eigenvalue weighted by Crippen LogP contribution is 2.31. The smallest absolute Gasteiger partial charge is 0.261 e. The molecule has 1 amide bonds. The number of fused-ring (bicyclic) bond motifs is 1. The fourth-order valence-corrected chi connectivity index (χ4v) is 3.50. The first kappa shape index (κ1) is 13.3. The van der Waals surface area contributed by atoms with Crippen molar-refractivity contribution < 1.29 is 9.90 Å². The molecule has 0 aliphatic heterocycles. The van der Waals surface area contributed by atoms with E-state index in [2.05, 4.69) is 12.2 Å². The molecule has 3 nitrogen and oxygen atoms in total. The molecule has 3 rings (SSSR count). The number of benzene rings is 1. The maximum atomic E-state index is 12.3. The first-order chi connectivity index (χ1) is 9.69. The third kappa shape index (κ3) is 2.37. The summed E-state index contributed by atoms with van der Waals surface area (Å²) in [5.41, 5.74) is 2.14. The van der Waals surface area contributed by atoms with Crippen LogP contribution in [0.1, 0.15) is 38.6 Å². The summed E-state index contributed by atoms with van der Waals surface area (Å²) in [6.45, 7) is 2.07. The van der Waals surface area contributed by atoms with Crippen molar-refractivity contribution in [3.8, 4) is 0 Å². The summed E-state index contributed by atoms with van der Waals surface area (Å²) < 4.78 is 0. The number of thiophene rings is 1. The molecule has 4 heteroatoms. The number of rotatable bonds is 3. The van der Waals surface area contributed by atoms with Crippen LogP contribution in [0, 0.1) is 0 Å². The van der Waals surface area contributed by atoms with Gasteiger partial charge in [0.25, 0.3) is 5.91 Å². The minimum atomic E-state index is -0.540. The Kier molecular flexibility index (Phi) is 3.59. The van der Waals surface area contributed by atoms with E-state index in [-0.39, 0.29) is 11.9 Å². The zero-order valence-electron chi connectivity index (χ0n) is 11.3. The molecule has 1 aromatic carbocycles. The van der Waals surface area contributed by atoms with Crippen molar-refractivity contribution in [3.05, 3.63) is 57.3 Å². The maximum Gasteiger partial charge on any atom is 0.261 e. The van der Waals surface area contributed by atoms with E-state index in [4.69, 9.17) is 0 Å². The highest BCUT2D eigenvalue weighted by Gasteiger charge is 2.32. The molecule has 2 atom stereocenters. The lowest BCUT2D eigenvalue weighted by Gasteiger charge is -2.17. The Hall–Kier alpha value is -1.65. The van der Waals surface area contributed by atoms with Crippen molar-refractivity contribution in [1.82, 2.24) is 5.32 Å². The standard InChI is InChI=1S/C16H17NO2S/c1-2-11-7-8-14(20-11)16(19)17-15-12-6-4-3-5-10(12)9-13(15)18/h3-8,13,15,18H,2,9H2,1H3,(H,17,19)/t13-,15+/m1/s1. The molecule has 0 saturated carbocycles. The summed E-state index contributed by atoms with van der Waals surface area (Å²) in [6, 6.07) is 11.4. The Morgan fingerprint density at radius 2 is 2.15 bits per heavy atom. The Bertz CT molecular complexity index is 635. The first-order valence-corrected chi connectivity index (χ1v) is 7.66. The predicted octanol–water partition coefficient (Wildman–Crippen LogP) is 2.70. The number of carbonyl (C=O) groups excluding carboxylic acids is 1. The van der Waals surface area contributed by atoms with Gasteiger partial charge in [0.15, 0.2) is 0 Å². The fraction of sp³-hybridized carbons (Fsp3) is 0.312. The summed E-state index contributed by atoms with van der Waals surface area (Å²) in [5, 5.41) is 13.1. The van der Waals surface area contributed by atoms with Crippen molar-refractivity contribution in [2.45, 2.75) is 31.9 Å². The van der Waals surface area contributed by atoms with Crippen LogP contribution in [0.25, 0.3) is 0 Å². The number of amides is 1. The highest BCUT2D eigenvalue weighted by molar-refractivity contribution is 7.14. The fourth-order valence-electron chi connectivity index (χ4n) is 2.65. The van der Waals surface area contributed by atoms with Crippen LogP contribution in [-0.4, -0.2) is 17.1 Å². The van der Waals surface area contributed by atoms with E-state index >= 15 is 0 Å². The Labute approximate surface area is 122 Å². The molecule has 1 aliphatic carbocycles. The molecule has 0 spiro atoms. The molecular weight excluding hydrogens is 270 g/mol. The van der Waals surface area contributed by atoms with Gasteiger partial charge in [-0.05, 0) is 29.7 Å². The van der Waals surface area contributed by atoms with Crippen molar-refractivity contribution in [2.75, 3.05) is 0 Å². The summed E-state index contributed by atoms with van der Waals surface area (Å²) in [4.78, 5) is 14.2. The highest BCUT2D eigenvalue weighted by atomic mass is 32.1. The second-order valence-corrected chi connectivity index (χ2v) is 6.21. The normalized spacial score (nSPS) is 20.7. The molecule has 0 fully saturated rings. The van der Waals surface area contributed by atoms with E-state index in [1.807, 2.05) is 36.4 Å². The van der Waals surface area contributed by atoms with Crippen LogP contribution in [0.15, 0.2) is 36.4 Å². The lowest BCUT2D eigenvalue weighted by Crippen LogP contribution is -2.33. The van der Waals surface area contributed by atoms with E-state index < -0.39 is 6.10 Å². The minimum absolute atomic E-state index is 0.101. The van der Waals surface area contributed by atoms with Gasteiger partial charge in [-0.2, -0.15) is 0 Å². The number of aliphatic hydroxyl groups excluding tert-OH is 1. The van der Waals surface area contributed by atoms with Gasteiger partial charge in [0, 0.05) is 11.3 Å². The van der Waals surface area contributed by atoms with Gasteiger partial charge in [-0.25, -0.2) is 0 Å². The number of nitrogens with one attached hydrogen (secondary N) is 1. The molecule has 2 N–H and O–H groups in total. The van der Waals surface area contributed by atoms with Crippen LogP contribution in [0.4, 0.5) is 0 Å². The van der Waals surface area contributed by atoms with Crippen molar-refractivity contribution in [1.29, 1.82) is 0 Å². The molecule has 20 heavy (non-hydrogen) atoms. The summed E-state index contributed by atoms with van der Waals surface area (Å²) >= 11 is 1.51. The molecule has 0 saturated heterocycles. The minimum Gasteiger partial charge on any atom is -0.390 e. The summed E-state index contributed by atoms with van der Waals surface area (Å²) in [7, 11) is 0. The molecular formula is C16H17NO2S. The number of hydrogen-bond acceptors (Lipinski definition) is 3. The van der Waals surface area contributed by atoms with E-state index in [1.165, 1.54) is 16.2 Å². The number of carbonyl (C=O) groups is 1. The number of aryl methyl sites for hydroxylation is 1. The summed E-state index contributed by atoms with van der Waals surface area (Å²) in [6.07, 6.45) is 1.00. The second-order valence-electron chi connectivity index (χ2n) is 5.04. The largest absolute Gasteiger partial charge is 0.390 e. The van der Waals surface area contributed by atoms with Crippen molar-refractivity contribution in [2.24, 2.45) is 0 Å². The monoisotopic (exact) mass is 287 g/mol. The molecule has 1 heterocycles. The van der Waals surface area contributed by atoms with Crippen LogP contribution in [0.3, 0.4) is 0 Å². The SMILES string of the molecule is CCc1ccc(C(=O)N[C@H]2c3ccccc3C[C@H]2O)s1. The van der Waals surface area contributed by atoms with Crippen LogP contribution in [-0.2, 0) is 12.8 Å². The third-order valence-corrected chi connectivity index (χ3v) is 4.95. The van der Waals surface area contributed by atoms with Crippen molar-refractivity contribution >= 4 is 17.2 Å². The molecule has 104 valence electrons. The second kappa shape index (κ2) is 5.38. The molecule has 2 aromatic rings. The van der Waals surface area contributed by atoms with E-state index in [0.29, 0.717) is 11.3 Å². The molecule has 0 unspecified atom stereocenters. The predicted molar refractivity (Wildman–Crippen MR) is 80.1 cm³/mol. The number of hydrogen-bond donors (Lipinski definition) is 2. The summed E-state index contributed by atoms with van der Waals surface area (Å²) in [5.74, 6) is -0.101. The van der Waals surface area contributed by atoms with E-state index in [9.17, 15) is 9.90 Å². The lowest BCUT2D eigenvalue weighted by atomic mass is 10.1. The van der Waals surface area contributed by atoms with Crippen LogP contribution in [0.2, 0.25) is 0 Å². The number of aliphatic hydroxyl groups is 1. The van der Waals surface area contributed by atoms with Gasteiger partial charge < -0.3 is 10.4 Å². The van der Waals surface area contributed by atoms with Gasteiger partial charge >= 0.3 is 0 Å². The molecule has 1 aromatic heterocycles. The quantitative estimate of drug-likeness (QED) is 0.912. The third-order valence-electron chi connectivity index (χ3n) is 3.72. The Morgan fingerprint density at radius 3 is 2.90 bits per heavy atom. The van der Waals surface area contributed by atoms with Crippen LogP contribution in [0.5, 0.6) is 0 Å². The molecule has 1 aliphatic rings. The van der Waals surface area contributed by atoms with Gasteiger partial charge in [-0.1, -0.05) is 31.2 Å². The van der Waals surface area contributed by atoms with E-state index in [0.717, 1.165) is 17.5 Å². The first-order valence-electron chi connectivity index (χ1n) is 6.84. The van der Waals surface area contributed by atoms with Crippen molar-refractivity contribution in [3.63, 3.8) is 0 Å². The average molecular weight is 287 g/mol. The van der Waals surface area contributed by atoms with Crippen LogP contribution < -0.4 is 5.32 Å². The van der Waals surface area contributed by atoms with Gasteiger partial charge in [-0.3, -0.25) is 4.79 Å². The topological polar surface area (TPSA) is 49.3 Å². The lowest BCUT2D eigenvalue weighted by molar-refractivity contribution is 0.0862. The Balaban J connectivity index is 1.79. The average Bonchev–Trinajstić information content (AvgIpc) is 3.04. The van der Waals surface area contributed by atoms with Crippen LogP contribution >= 0.6 is 11.3 Å². The zero-order chi connectivity index (χ0) is 14.1. The zero-order valence-corrected chi connectivity index (χ0v) is 12.1. The van der Waals surface area contributed by atoms with Gasteiger partial charge in [-0.15, -0.1) is 11.3 Å². The molecule has 0 radical (unpaired) electrons. The molecule has 0 bridgehead atoms. The van der Waals surface area contributed by atoms with E-state index in [1.54, 1.807) is 0 Å². The van der Waals surface area contributed by atoms with Gasteiger partial charge in [0.05, 0.1) is 17.0 Å².